The largest absolute Gasteiger partial charge is 0.318 e. The lowest BCUT2D eigenvalue weighted by Crippen LogP contribution is -2.19. The SMILES string of the molecule is CC(=O)Nc1sc2c(c1CN(C)Cc1ccc(C)cc1)CCCC2. The summed E-state index contributed by atoms with van der Waals surface area (Å²) in [6, 6.07) is 8.73. The zero-order valence-electron chi connectivity index (χ0n) is 14.8. The zero-order valence-corrected chi connectivity index (χ0v) is 15.6. The van der Waals surface area contributed by atoms with Crippen LogP contribution in [0.2, 0.25) is 0 Å². The Kier molecular flexibility index (Phi) is 5.36. The zero-order chi connectivity index (χ0) is 17.1. The number of nitrogens with zero attached hydrogens (tertiary/aromatic N) is 1. The molecule has 1 aromatic carbocycles. The second-order valence-electron chi connectivity index (χ2n) is 6.86. The first-order valence-corrected chi connectivity index (χ1v) is 9.49. The van der Waals surface area contributed by atoms with Crippen molar-refractivity contribution in [2.24, 2.45) is 0 Å². The molecule has 1 aromatic heterocycles. The van der Waals surface area contributed by atoms with Gasteiger partial charge in [0.25, 0.3) is 0 Å². The maximum atomic E-state index is 11.6. The monoisotopic (exact) mass is 342 g/mol. The number of hydrogen-bond acceptors (Lipinski definition) is 3. The third-order valence-corrected chi connectivity index (χ3v) is 5.82. The van der Waals surface area contributed by atoms with Crippen LogP contribution in [-0.4, -0.2) is 17.9 Å². The molecule has 3 rings (SSSR count). The van der Waals surface area contributed by atoms with Crippen molar-refractivity contribution in [2.75, 3.05) is 12.4 Å². The first-order chi connectivity index (χ1) is 11.5. The summed E-state index contributed by atoms with van der Waals surface area (Å²) in [5, 5.41) is 4.12. The van der Waals surface area contributed by atoms with E-state index in [0.29, 0.717) is 0 Å². The van der Waals surface area contributed by atoms with E-state index in [4.69, 9.17) is 0 Å². The number of carbonyl (C=O) groups is 1. The Bertz CT molecular complexity index is 718. The van der Waals surface area contributed by atoms with E-state index in [0.717, 1.165) is 30.9 Å². The molecule has 0 aliphatic heterocycles. The summed E-state index contributed by atoms with van der Waals surface area (Å²) in [7, 11) is 2.16. The highest BCUT2D eigenvalue weighted by atomic mass is 32.1. The number of hydrogen-bond donors (Lipinski definition) is 1. The Morgan fingerprint density at radius 3 is 2.58 bits per heavy atom. The average molecular weight is 343 g/mol. The molecule has 0 saturated heterocycles. The van der Waals surface area contributed by atoms with Gasteiger partial charge in [-0.25, -0.2) is 0 Å². The van der Waals surface area contributed by atoms with Gasteiger partial charge in [0, 0.05) is 30.5 Å². The second-order valence-corrected chi connectivity index (χ2v) is 7.96. The maximum Gasteiger partial charge on any atom is 0.221 e. The smallest absolute Gasteiger partial charge is 0.221 e. The molecule has 1 heterocycles. The predicted molar refractivity (Wildman–Crippen MR) is 102 cm³/mol. The van der Waals surface area contributed by atoms with Gasteiger partial charge in [-0.1, -0.05) is 29.8 Å². The standard InChI is InChI=1S/C20H26N2OS/c1-14-8-10-16(11-9-14)12-22(3)13-18-17-6-4-5-7-19(17)24-20(18)21-15(2)23/h8-11H,4-7,12-13H2,1-3H3,(H,21,23). The summed E-state index contributed by atoms with van der Waals surface area (Å²) in [6.07, 6.45) is 4.84. The van der Waals surface area contributed by atoms with E-state index in [1.54, 1.807) is 18.3 Å². The Hall–Kier alpha value is -1.65. The Morgan fingerprint density at radius 2 is 1.88 bits per heavy atom. The van der Waals surface area contributed by atoms with Crippen LogP contribution in [0.3, 0.4) is 0 Å². The highest BCUT2D eigenvalue weighted by molar-refractivity contribution is 7.16. The Balaban J connectivity index is 1.78. The number of anilines is 1. The van der Waals surface area contributed by atoms with Crippen molar-refractivity contribution in [2.45, 2.75) is 52.6 Å². The van der Waals surface area contributed by atoms with Gasteiger partial charge in [0.2, 0.25) is 5.91 Å². The molecule has 24 heavy (non-hydrogen) atoms. The highest BCUT2D eigenvalue weighted by Gasteiger charge is 2.22. The van der Waals surface area contributed by atoms with E-state index in [9.17, 15) is 4.79 Å². The van der Waals surface area contributed by atoms with Crippen LogP contribution in [0.4, 0.5) is 5.00 Å². The first kappa shape index (κ1) is 17.2. The number of amides is 1. The Morgan fingerprint density at radius 1 is 1.17 bits per heavy atom. The number of nitrogens with one attached hydrogen (secondary N) is 1. The molecule has 0 atom stereocenters. The van der Waals surface area contributed by atoms with Gasteiger partial charge >= 0.3 is 0 Å². The number of fused-ring (bicyclic) bond motifs is 1. The molecule has 0 saturated carbocycles. The lowest BCUT2D eigenvalue weighted by molar-refractivity contribution is -0.114. The van der Waals surface area contributed by atoms with Crippen molar-refractivity contribution in [3.63, 3.8) is 0 Å². The van der Waals surface area contributed by atoms with Crippen LogP contribution in [0, 0.1) is 6.92 Å². The molecular formula is C20H26N2OS. The fourth-order valence-corrected chi connectivity index (χ4v) is 4.74. The molecule has 4 heteroatoms. The highest BCUT2D eigenvalue weighted by Crippen LogP contribution is 2.38. The van der Waals surface area contributed by atoms with Crippen LogP contribution in [0.15, 0.2) is 24.3 Å². The summed E-state index contributed by atoms with van der Waals surface area (Å²) >= 11 is 1.78. The Labute approximate surface area is 148 Å². The second kappa shape index (κ2) is 7.49. The molecule has 1 aliphatic rings. The summed E-state index contributed by atoms with van der Waals surface area (Å²) in [6.45, 7) is 5.52. The molecule has 1 amide bonds. The van der Waals surface area contributed by atoms with Crippen LogP contribution in [-0.2, 0) is 30.7 Å². The van der Waals surface area contributed by atoms with Crippen molar-refractivity contribution in [3.8, 4) is 0 Å². The quantitative estimate of drug-likeness (QED) is 0.866. The van der Waals surface area contributed by atoms with Gasteiger partial charge in [-0.2, -0.15) is 0 Å². The van der Waals surface area contributed by atoms with Crippen molar-refractivity contribution < 1.29 is 4.79 Å². The third kappa shape index (κ3) is 4.05. The van der Waals surface area contributed by atoms with Crippen LogP contribution in [0.5, 0.6) is 0 Å². The van der Waals surface area contributed by atoms with E-state index in [1.807, 2.05) is 0 Å². The molecule has 0 fully saturated rings. The van der Waals surface area contributed by atoms with E-state index < -0.39 is 0 Å². The van der Waals surface area contributed by atoms with E-state index in [2.05, 4.69) is 48.5 Å². The van der Waals surface area contributed by atoms with Crippen molar-refractivity contribution in [1.29, 1.82) is 0 Å². The average Bonchev–Trinajstić information content (AvgIpc) is 2.86. The normalized spacial score (nSPS) is 13.8. The fraction of sp³-hybridized carbons (Fsp3) is 0.450. The third-order valence-electron chi connectivity index (χ3n) is 4.57. The fourth-order valence-electron chi connectivity index (χ4n) is 3.39. The van der Waals surface area contributed by atoms with Crippen LogP contribution in [0.25, 0.3) is 0 Å². The molecule has 2 aromatic rings. The van der Waals surface area contributed by atoms with Gasteiger partial charge < -0.3 is 5.32 Å². The van der Waals surface area contributed by atoms with Crippen LogP contribution in [0.1, 0.15) is 46.9 Å². The lowest BCUT2D eigenvalue weighted by Gasteiger charge is -2.20. The summed E-state index contributed by atoms with van der Waals surface area (Å²) in [5.41, 5.74) is 5.44. The molecule has 128 valence electrons. The minimum Gasteiger partial charge on any atom is -0.318 e. The number of benzene rings is 1. The lowest BCUT2D eigenvalue weighted by atomic mass is 9.95. The van der Waals surface area contributed by atoms with Crippen molar-refractivity contribution in [3.05, 3.63) is 51.4 Å². The van der Waals surface area contributed by atoms with Gasteiger partial charge in [0.1, 0.15) is 0 Å². The van der Waals surface area contributed by atoms with Crippen molar-refractivity contribution >= 4 is 22.2 Å². The first-order valence-electron chi connectivity index (χ1n) is 8.68. The van der Waals surface area contributed by atoms with Gasteiger partial charge in [0.05, 0.1) is 5.00 Å². The molecule has 1 N–H and O–H groups in total. The summed E-state index contributed by atoms with van der Waals surface area (Å²) in [4.78, 5) is 15.4. The van der Waals surface area contributed by atoms with E-state index >= 15 is 0 Å². The topological polar surface area (TPSA) is 32.3 Å². The molecule has 3 nitrogen and oxygen atoms in total. The minimum atomic E-state index is 0.0241. The van der Waals surface area contributed by atoms with Gasteiger partial charge in [0.15, 0.2) is 0 Å². The molecule has 1 aliphatic carbocycles. The van der Waals surface area contributed by atoms with E-state index in [-0.39, 0.29) is 5.91 Å². The minimum absolute atomic E-state index is 0.0241. The molecule has 0 spiro atoms. The van der Waals surface area contributed by atoms with Gasteiger partial charge in [-0.3, -0.25) is 9.69 Å². The number of aryl methyl sites for hydroxylation is 2. The molecule has 0 radical (unpaired) electrons. The van der Waals surface area contributed by atoms with Crippen molar-refractivity contribution in [1.82, 2.24) is 4.90 Å². The van der Waals surface area contributed by atoms with Gasteiger partial charge in [-0.05, 0) is 50.8 Å². The maximum absolute atomic E-state index is 11.6. The number of rotatable bonds is 5. The number of thiophene rings is 1. The van der Waals surface area contributed by atoms with E-state index in [1.165, 1.54) is 40.0 Å². The number of carbonyl (C=O) groups excluding carboxylic acids is 1. The summed E-state index contributed by atoms with van der Waals surface area (Å²) < 4.78 is 0. The molecular weight excluding hydrogens is 316 g/mol. The summed E-state index contributed by atoms with van der Waals surface area (Å²) in [5.74, 6) is 0.0241. The van der Waals surface area contributed by atoms with Gasteiger partial charge in [-0.15, -0.1) is 11.3 Å². The molecule has 0 unspecified atom stereocenters. The molecule has 0 bridgehead atoms. The van der Waals surface area contributed by atoms with Crippen LogP contribution < -0.4 is 5.32 Å². The van der Waals surface area contributed by atoms with Crippen LogP contribution >= 0.6 is 11.3 Å². The predicted octanol–water partition coefficient (Wildman–Crippen LogP) is 4.53.